The first-order chi connectivity index (χ1) is 7.15. The number of hydrogen-bond acceptors (Lipinski definition) is 4. The normalized spacial score (nSPS) is 26.1. The van der Waals surface area contributed by atoms with Crippen molar-refractivity contribution in [2.45, 2.75) is 19.4 Å². The lowest BCUT2D eigenvalue weighted by Gasteiger charge is -2.13. The Balaban J connectivity index is 3.06. The minimum atomic E-state index is -0.473. The molecule has 82 valence electrons. The number of carbonyl (C=O) groups is 1. The zero-order valence-electron chi connectivity index (χ0n) is 9.06. The molecule has 0 spiro atoms. The molecule has 2 N–H and O–H groups in total. The van der Waals surface area contributed by atoms with Crippen LogP contribution in [0.2, 0.25) is 0 Å². The molecule has 15 heavy (non-hydrogen) atoms. The first kappa shape index (κ1) is 11.7. The van der Waals surface area contributed by atoms with Crippen molar-refractivity contribution in [3.63, 3.8) is 0 Å². The van der Waals surface area contributed by atoms with E-state index in [1.165, 1.54) is 7.11 Å². The van der Waals surface area contributed by atoms with Crippen LogP contribution in [0.15, 0.2) is 28.4 Å². The SMILES string of the molecule is C=NC1=C(/C=C\C)CC(N)[C@@H]1C(=O)OC. The average Bonchev–Trinajstić information content (AvgIpc) is 2.54. The molecule has 0 saturated heterocycles. The van der Waals surface area contributed by atoms with Gasteiger partial charge in [-0.05, 0) is 25.6 Å². The molecule has 0 aromatic rings. The Kier molecular flexibility index (Phi) is 3.80. The zero-order chi connectivity index (χ0) is 11.4. The van der Waals surface area contributed by atoms with Crippen molar-refractivity contribution in [3.8, 4) is 0 Å². The van der Waals surface area contributed by atoms with E-state index in [2.05, 4.69) is 11.7 Å². The van der Waals surface area contributed by atoms with Gasteiger partial charge in [0.1, 0.15) is 5.92 Å². The Morgan fingerprint density at radius 3 is 2.87 bits per heavy atom. The molecule has 0 aliphatic heterocycles. The summed E-state index contributed by atoms with van der Waals surface area (Å²) in [6.07, 6.45) is 4.44. The summed E-state index contributed by atoms with van der Waals surface area (Å²) in [5.41, 5.74) is 7.49. The van der Waals surface area contributed by atoms with Gasteiger partial charge in [0.2, 0.25) is 0 Å². The Morgan fingerprint density at radius 2 is 2.40 bits per heavy atom. The fourth-order valence-electron chi connectivity index (χ4n) is 1.85. The summed E-state index contributed by atoms with van der Waals surface area (Å²) >= 11 is 0. The molecule has 0 bridgehead atoms. The highest BCUT2D eigenvalue weighted by Crippen LogP contribution is 2.33. The summed E-state index contributed by atoms with van der Waals surface area (Å²) in [7, 11) is 1.35. The molecule has 1 aliphatic carbocycles. The standard InChI is InChI=1S/C11H16N2O2/c1-4-5-7-6-8(12)9(10(7)13-2)11(14)15-3/h4-5,8-9H,2,6,12H2,1,3H3/b5-4-/t8?,9-/m0/s1. The monoisotopic (exact) mass is 208 g/mol. The number of ether oxygens (including phenoxy) is 1. The van der Waals surface area contributed by atoms with E-state index in [1.54, 1.807) is 0 Å². The molecule has 0 saturated carbocycles. The van der Waals surface area contributed by atoms with Gasteiger partial charge >= 0.3 is 5.97 Å². The number of rotatable bonds is 3. The number of carbonyl (C=O) groups excluding carboxylic acids is 1. The van der Waals surface area contributed by atoms with Crippen molar-refractivity contribution < 1.29 is 9.53 Å². The van der Waals surface area contributed by atoms with E-state index in [9.17, 15) is 4.79 Å². The van der Waals surface area contributed by atoms with Crippen molar-refractivity contribution in [3.05, 3.63) is 23.4 Å². The maximum Gasteiger partial charge on any atom is 0.316 e. The molecule has 1 rings (SSSR count). The Labute approximate surface area is 89.5 Å². The van der Waals surface area contributed by atoms with Crippen LogP contribution in [0.3, 0.4) is 0 Å². The van der Waals surface area contributed by atoms with Gasteiger partial charge in [-0.15, -0.1) is 0 Å². The van der Waals surface area contributed by atoms with E-state index >= 15 is 0 Å². The van der Waals surface area contributed by atoms with Gasteiger partial charge in [0.15, 0.2) is 0 Å². The second-order valence-electron chi connectivity index (χ2n) is 3.44. The topological polar surface area (TPSA) is 64.7 Å². The lowest BCUT2D eigenvalue weighted by atomic mass is 10.0. The Hall–Kier alpha value is -1.42. The third kappa shape index (κ3) is 2.15. The minimum Gasteiger partial charge on any atom is -0.468 e. The molecule has 0 heterocycles. The number of aliphatic imine (C=N–C) groups is 1. The molecule has 0 radical (unpaired) electrons. The van der Waals surface area contributed by atoms with Crippen molar-refractivity contribution >= 4 is 12.7 Å². The molecule has 4 nitrogen and oxygen atoms in total. The second-order valence-corrected chi connectivity index (χ2v) is 3.44. The number of hydrogen-bond donors (Lipinski definition) is 1. The third-order valence-electron chi connectivity index (χ3n) is 2.50. The van der Waals surface area contributed by atoms with Gasteiger partial charge in [0.25, 0.3) is 0 Å². The van der Waals surface area contributed by atoms with E-state index in [0.29, 0.717) is 12.1 Å². The largest absolute Gasteiger partial charge is 0.468 e. The highest BCUT2D eigenvalue weighted by Gasteiger charge is 2.37. The van der Waals surface area contributed by atoms with E-state index in [-0.39, 0.29) is 12.0 Å². The molecule has 2 atom stereocenters. The predicted octanol–water partition coefficient (Wildman–Crippen LogP) is 1.04. The molecule has 1 unspecified atom stereocenters. The first-order valence-electron chi connectivity index (χ1n) is 4.81. The second kappa shape index (κ2) is 4.89. The van der Waals surface area contributed by atoms with Gasteiger partial charge in [-0.3, -0.25) is 9.79 Å². The van der Waals surface area contributed by atoms with E-state index in [0.717, 1.165) is 5.57 Å². The van der Waals surface area contributed by atoms with Gasteiger partial charge in [-0.2, -0.15) is 0 Å². The van der Waals surface area contributed by atoms with Gasteiger partial charge in [-0.25, -0.2) is 0 Å². The zero-order valence-corrected chi connectivity index (χ0v) is 9.06. The molecule has 0 fully saturated rings. The number of esters is 1. The Bertz CT molecular complexity index is 331. The average molecular weight is 208 g/mol. The van der Waals surface area contributed by atoms with Crippen LogP contribution in [0, 0.1) is 5.92 Å². The molecule has 4 heteroatoms. The van der Waals surface area contributed by atoms with Crippen LogP contribution in [0.5, 0.6) is 0 Å². The van der Waals surface area contributed by atoms with Gasteiger partial charge in [0, 0.05) is 6.04 Å². The summed E-state index contributed by atoms with van der Waals surface area (Å²) in [6, 6.07) is -0.260. The smallest absolute Gasteiger partial charge is 0.316 e. The summed E-state index contributed by atoms with van der Waals surface area (Å²) in [5.74, 6) is -0.817. The fourth-order valence-corrected chi connectivity index (χ4v) is 1.85. The fraction of sp³-hybridized carbons (Fsp3) is 0.455. The van der Waals surface area contributed by atoms with Crippen LogP contribution >= 0.6 is 0 Å². The van der Waals surface area contributed by atoms with E-state index < -0.39 is 5.92 Å². The number of nitrogens with two attached hydrogens (primary N) is 1. The number of methoxy groups -OCH3 is 1. The summed E-state index contributed by atoms with van der Waals surface area (Å²) in [5, 5.41) is 0. The molecule has 0 aromatic carbocycles. The minimum absolute atomic E-state index is 0.260. The van der Waals surface area contributed by atoms with Crippen molar-refractivity contribution in [2.24, 2.45) is 16.6 Å². The third-order valence-corrected chi connectivity index (χ3v) is 2.50. The molecule has 1 aliphatic rings. The highest BCUT2D eigenvalue weighted by atomic mass is 16.5. The van der Waals surface area contributed by atoms with E-state index in [4.69, 9.17) is 10.5 Å². The molecular weight excluding hydrogens is 192 g/mol. The van der Waals surface area contributed by atoms with Crippen LogP contribution in [0.1, 0.15) is 13.3 Å². The van der Waals surface area contributed by atoms with Crippen molar-refractivity contribution in [2.75, 3.05) is 7.11 Å². The van der Waals surface area contributed by atoms with E-state index in [1.807, 2.05) is 19.1 Å². The lowest BCUT2D eigenvalue weighted by molar-refractivity contribution is -0.144. The molecular formula is C11H16N2O2. The number of allylic oxidation sites excluding steroid dienone is 2. The maximum atomic E-state index is 11.5. The van der Waals surface area contributed by atoms with Crippen LogP contribution in [-0.4, -0.2) is 25.8 Å². The van der Waals surface area contributed by atoms with Gasteiger partial charge < -0.3 is 10.5 Å². The predicted molar refractivity (Wildman–Crippen MR) is 59.5 cm³/mol. The summed E-state index contributed by atoms with van der Waals surface area (Å²) in [6.45, 7) is 5.38. The first-order valence-corrected chi connectivity index (χ1v) is 4.81. The highest BCUT2D eigenvalue weighted by molar-refractivity contribution is 5.78. The van der Waals surface area contributed by atoms with Gasteiger partial charge in [0.05, 0.1) is 12.8 Å². The number of nitrogens with zero attached hydrogens (tertiary/aromatic N) is 1. The lowest BCUT2D eigenvalue weighted by Crippen LogP contribution is -2.33. The quantitative estimate of drug-likeness (QED) is 0.556. The van der Waals surface area contributed by atoms with Crippen LogP contribution in [-0.2, 0) is 9.53 Å². The Morgan fingerprint density at radius 1 is 1.73 bits per heavy atom. The van der Waals surface area contributed by atoms with Crippen molar-refractivity contribution in [1.29, 1.82) is 0 Å². The van der Waals surface area contributed by atoms with Gasteiger partial charge in [-0.1, -0.05) is 12.2 Å². The summed E-state index contributed by atoms with van der Waals surface area (Å²) < 4.78 is 4.70. The molecule has 0 aromatic heterocycles. The molecule has 0 amide bonds. The maximum absolute atomic E-state index is 11.5. The summed E-state index contributed by atoms with van der Waals surface area (Å²) in [4.78, 5) is 15.4. The van der Waals surface area contributed by atoms with Crippen molar-refractivity contribution in [1.82, 2.24) is 0 Å². The van der Waals surface area contributed by atoms with Crippen LogP contribution in [0.25, 0.3) is 0 Å². The van der Waals surface area contributed by atoms with Crippen LogP contribution in [0.4, 0.5) is 0 Å². The van der Waals surface area contributed by atoms with Crippen LogP contribution < -0.4 is 5.73 Å².